The van der Waals surface area contributed by atoms with Gasteiger partial charge in [0.2, 0.25) is 0 Å². The third-order valence-electron chi connectivity index (χ3n) is 3.78. The smallest absolute Gasteiger partial charge is 0.199 e. The zero-order chi connectivity index (χ0) is 17.3. The lowest BCUT2D eigenvalue weighted by atomic mass is 10.0. The van der Waals surface area contributed by atoms with Crippen molar-refractivity contribution < 1.29 is 24.1 Å². The molecular weight excluding hydrogens is 312 g/mol. The summed E-state index contributed by atoms with van der Waals surface area (Å²) in [4.78, 5) is 12.8. The van der Waals surface area contributed by atoms with Gasteiger partial charge in [0.15, 0.2) is 16.9 Å². The summed E-state index contributed by atoms with van der Waals surface area (Å²) in [5, 5.41) is 19.3. The maximum absolute atomic E-state index is 12.8. The van der Waals surface area contributed by atoms with Crippen molar-refractivity contribution in [2.24, 2.45) is 0 Å². The molecule has 0 unspecified atom stereocenters. The van der Waals surface area contributed by atoms with E-state index >= 15 is 0 Å². The molecule has 24 heavy (non-hydrogen) atoms. The van der Waals surface area contributed by atoms with Gasteiger partial charge < -0.3 is 24.1 Å². The van der Waals surface area contributed by atoms with E-state index in [1.54, 1.807) is 18.2 Å². The number of phenols is 2. The van der Waals surface area contributed by atoms with Gasteiger partial charge in [0, 0.05) is 24.1 Å². The van der Waals surface area contributed by atoms with Gasteiger partial charge in [-0.2, -0.15) is 0 Å². The van der Waals surface area contributed by atoms with Gasteiger partial charge >= 0.3 is 0 Å². The first-order valence-corrected chi connectivity index (χ1v) is 7.20. The summed E-state index contributed by atoms with van der Waals surface area (Å²) < 4.78 is 16.0. The molecule has 0 spiro atoms. The number of fused-ring (bicyclic) bond motifs is 1. The molecule has 1 heterocycles. The Morgan fingerprint density at radius 1 is 1.04 bits per heavy atom. The summed E-state index contributed by atoms with van der Waals surface area (Å²) in [6, 6.07) is 7.65. The summed E-state index contributed by atoms with van der Waals surface area (Å²) in [7, 11) is 2.99. The first-order valence-electron chi connectivity index (χ1n) is 7.20. The number of aromatic hydroxyl groups is 2. The Morgan fingerprint density at radius 2 is 1.83 bits per heavy atom. The van der Waals surface area contributed by atoms with Gasteiger partial charge in [-0.25, -0.2) is 0 Å². The van der Waals surface area contributed by atoms with E-state index in [4.69, 9.17) is 13.9 Å². The number of hydrogen-bond donors (Lipinski definition) is 2. The van der Waals surface area contributed by atoms with Crippen LogP contribution in [0.1, 0.15) is 11.1 Å². The first-order chi connectivity index (χ1) is 11.5. The number of hydrogen-bond acceptors (Lipinski definition) is 6. The Hall–Kier alpha value is -3.15. The zero-order valence-corrected chi connectivity index (χ0v) is 13.2. The molecule has 3 aromatic rings. The predicted molar refractivity (Wildman–Crippen MR) is 88.2 cm³/mol. The SMILES string of the molecule is COc1cc(OC)c2c(=O)c(Cc3ccc(O)c(O)c3)coc2c1. The van der Waals surface area contributed by atoms with Crippen LogP contribution in [0, 0.1) is 0 Å². The normalized spacial score (nSPS) is 10.8. The van der Waals surface area contributed by atoms with E-state index in [0.717, 1.165) is 0 Å². The van der Waals surface area contributed by atoms with Gasteiger partial charge in [0.05, 0.1) is 20.5 Å². The fourth-order valence-electron chi connectivity index (χ4n) is 2.53. The van der Waals surface area contributed by atoms with Crippen molar-refractivity contribution in [2.45, 2.75) is 6.42 Å². The fraction of sp³-hybridized carbons (Fsp3) is 0.167. The third kappa shape index (κ3) is 2.74. The quantitative estimate of drug-likeness (QED) is 0.716. The lowest BCUT2D eigenvalue weighted by Gasteiger charge is -2.09. The van der Waals surface area contributed by atoms with E-state index in [-0.39, 0.29) is 23.3 Å². The van der Waals surface area contributed by atoms with Gasteiger partial charge in [0.1, 0.15) is 22.5 Å². The van der Waals surface area contributed by atoms with E-state index in [0.29, 0.717) is 33.6 Å². The molecule has 0 amide bonds. The average molecular weight is 328 g/mol. The second-order valence-electron chi connectivity index (χ2n) is 5.29. The van der Waals surface area contributed by atoms with Crippen molar-refractivity contribution >= 4 is 11.0 Å². The Kier molecular flexibility index (Phi) is 4.04. The van der Waals surface area contributed by atoms with Gasteiger partial charge in [-0.15, -0.1) is 0 Å². The molecule has 0 aliphatic rings. The summed E-state index contributed by atoms with van der Waals surface area (Å²) in [6.07, 6.45) is 1.63. The molecule has 0 aliphatic carbocycles. The Labute approximate surface area is 137 Å². The molecule has 6 heteroatoms. The zero-order valence-electron chi connectivity index (χ0n) is 13.2. The first kappa shape index (κ1) is 15.7. The number of benzene rings is 2. The van der Waals surface area contributed by atoms with Crippen LogP contribution in [0.25, 0.3) is 11.0 Å². The number of phenolic OH excluding ortho intramolecular Hbond substituents is 2. The van der Waals surface area contributed by atoms with Crippen LogP contribution in [0.3, 0.4) is 0 Å². The minimum absolute atomic E-state index is 0.210. The maximum Gasteiger partial charge on any atom is 0.199 e. The number of ether oxygens (including phenoxy) is 2. The maximum atomic E-state index is 12.8. The molecule has 0 saturated carbocycles. The molecule has 0 aliphatic heterocycles. The van der Waals surface area contributed by atoms with Crippen molar-refractivity contribution in [1.82, 2.24) is 0 Å². The molecule has 0 atom stereocenters. The van der Waals surface area contributed by atoms with Crippen molar-refractivity contribution in [3.8, 4) is 23.0 Å². The Bertz CT molecular complexity index is 958. The van der Waals surface area contributed by atoms with Gasteiger partial charge in [-0.3, -0.25) is 4.79 Å². The van der Waals surface area contributed by atoms with Crippen molar-refractivity contribution in [3.63, 3.8) is 0 Å². The molecule has 3 rings (SSSR count). The highest BCUT2D eigenvalue weighted by atomic mass is 16.5. The summed E-state index contributed by atoms with van der Waals surface area (Å²) in [5.41, 5.74) is 1.23. The van der Waals surface area contributed by atoms with E-state index < -0.39 is 0 Å². The molecule has 2 N–H and O–H groups in total. The molecular formula is C18H16O6. The van der Waals surface area contributed by atoms with Crippen LogP contribution in [0.4, 0.5) is 0 Å². The highest BCUT2D eigenvalue weighted by Gasteiger charge is 2.15. The topological polar surface area (TPSA) is 89.1 Å². The number of rotatable bonds is 4. The van der Waals surface area contributed by atoms with Crippen molar-refractivity contribution in [2.75, 3.05) is 14.2 Å². The standard InChI is InChI=1S/C18H16O6/c1-22-12-7-15(23-2)17-16(8-12)24-9-11(18(17)21)5-10-3-4-13(19)14(20)6-10/h3-4,6-9,19-20H,5H2,1-2H3. The third-order valence-corrected chi connectivity index (χ3v) is 3.78. The Balaban J connectivity index is 2.11. The van der Waals surface area contributed by atoms with Gasteiger partial charge in [0.25, 0.3) is 0 Å². The summed E-state index contributed by atoms with van der Waals surface area (Å²) >= 11 is 0. The lowest BCUT2D eigenvalue weighted by molar-refractivity contribution is 0.396. The minimum atomic E-state index is -0.236. The van der Waals surface area contributed by atoms with E-state index in [9.17, 15) is 15.0 Å². The highest BCUT2D eigenvalue weighted by molar-refractivity contribution is 5.85. The summed E-state index contributed by atoms with van der Waals surface area (Å²) in [5.74, 6) is 0.449. The average Bonchev–Trinajstić information content (AvgIpc) is 2.59. The highest BCUT2D eigenvalue weighted by Crippen LogP contribution is 2.30. The molecule has 0 fully saturated rings. The van der Waals surface area contributed by atoms with Crippen LogP contribution >= 0.6 is 0 Å². The van der Waals surface area contributed by atoms with Crippen LogP contribution in [-0.4, -0.2) is 24.4 Å². The van der Waals surface area contributed by atoms with E-state index in [1.807, 2.05) is 0 Å². The van der Waals surface area contributed by atoms with Crippen LogP contribution in [0.5, 0.6) is 23.0 Å². The molecule has 6 nitrogen and oxygen atoms in total. The van der Waals surface area contributed by atoms with Crippen LogP contribution < -0.4 is 14.9 Å². The fourth-order valence-corrected chi connectivity index (χ4v) is 2.53. The molecule has 2 aromatic carbocycles. The lowest BCUT2D eigenvalue weighted by Crippen LogP contribution is -2.10. The monoisotopic (exact) mass is 328 g/mol. The molecule has 124 valence electrons. The predicted octanol–water partition coefficient (Wildman–Crippen LogP) is 2.81. The van der Waals surface area contributed by atoms with Crippen LogP contribution in [-0.2, 0) is 6.42 Å². The van der Waals surface area contributed by atoms with Gasteiger partial charge in [-0.1, -0.05) is 6.07 Å². The summed E-state index contributed by atoms with van der Waals surface area (Å²) in [6.45, 7) is 0. The molecule has 0 radical (unpaired) electrons. The molecule has 0 saturated heterocycles. The second kappa shape index (κ2) is 6.16. The van der Waals surface area contributed by atoms with Crippen molar-refractivity contribution in [3.05, 3.63) is 57.9 Å². The second-order valence-corrected chi connectivity index (χ2v) is 5.29. The molecule has 1 aromatic heterocycles. The van der Waals surface area contributed by atoms with Crippen LogP contribution in [0.2, 0.25) is 0 Å². The van der Waals surface area contributed by atoms with Crippen LogP contribution in [0.15, 0.2) is 45.8 Å². The van der Waals surface area contributed by atoms with Gasteiger partial charge in [-0.05, 0) is 17.7 Å². The number of methoxy groups -OCH3 is 2. The Morgan fingerprint density at radius 3 is 2.50 bits per heavy atom. The van der Waals surface area contributed by atoms with Crippen molar-refractivity contribution in [1.29, 1.82) is 0 Å². The van der Waals surface area contributed by atoms with E-state index in [2.05, 4.69) is 0 Å². The molecule has 0 bridgehead atoms. The minimum Gasteiger partial charge on any atom is -0.504 e. The van der Waals surface area contributed by atoms with E-state index in [1.165, 1.54) is 32.6 Å². The largest absolute Gasteiger partial charge is 0.504 e.